The maximum absolute atomic E-state index is 14.0. The molecule has 2 heterocycles. The number of carbonyl (C=O) groups is 3. The Hall–Kier alpha value is -5.13. The fraction of sp³-hybridized carbons (Fsp3) is 0.138. The molecule has 0 bridgehead atoms. The van der Waals surface area contributed by atoms with Crippen molar-refractivity contribution in [2.45, 2.75) is 13.5 Å². The van der Waals surface area contributed by atoms with Crippen molar-refractivity contribution >= 4 is 52.1 Å². The number of amides is 2. The number of hydrogen-bond acceptors (Lipinski definition) is 8. The predicted octanol–water partition coefficient (Wildman–Crippen LogP) is 4.24. The summed E-state index contributed by atoms with van der Waals surface area (Å²) in [5, 5.41) is 24.2. The van der Waals surface area contributed by atoms with Crippen LogP contribution < -0.4 is 14.8 Å². The van der Waals surface area contributed by atoms with Gasteiger partial charge >= 0.3 is 5.97 Å². The van der Waals surface area contributed by atoms with Gasteiger partial charge in [-0.05, 0) is 66.6 Å². The van der Waals surface area contributed by atoms with Crippen LogP contribution in [0.3, 0.4) is 0 Å². The molecule has 202 valence electrons. The van der Waals surface area contributed by atoms with Gasteiger partial charge < -0.3 is 10.0 Å². The van der Waals surface area contributed by atoms with Crippen LogP contribution in [-0.4, -0.2) is 53.8 Å². The van der Waals surface area contributed by atoms with Gasteiger partial charge in [0.25, 0.3) is 11.8 Å². The molecule has 0 atom stereocenters. The number of hydrogen-bond donors (Lipinski definition) is 2. The molecule has 2 amide bonds. The number of nitrogens with zero attached hydrogens (tertiary/aromatic N) is 5. The summed E-state index contributed by atoms with van der Waals surface area (Å²) in [5.74, 6) is -2.35. The van der Waals surface area contributed by atoms with Crippen LogP contribution in [0.2, 0.25) is 0 Å². The van der Waals surface area contributed by atoms with Gasteiger partial charge in [-0.2, -0.15) is 5.01 Å². The van der Waals surface area contributed by atoms with Crippen molar-refractivity contribution < 1.29 is 29.6 Å². The number of aliphatic imine (C=N–C) groups is 1. The second kappa shape index (κ2) is 10.6. The van der Waals surface area contributed by atoms with E-state index in [0.29, 0.717) is 22.5 Å². The van der Waals surface area contributed by atoms with E-state index in [1.165, 1.54) is 12.1 Å². The zero-order valence-corrected chi connectivity index (χ0v) is 21.9. The molecular formula is C29H25N5O6. The second-order valence-corrected chi connectivity index (χ2v) is 9.31. The molecule has 3 aromatic rings. The van der Waals surface area contributed by atoms with Gasteiger partial charge in [-0.25, -0.2) is 14.7 Å². The first-order valence-corrected chi connectivity index (χ1v) is 12.2. The van der Waals surface area contributed by atoms with Crippen LogP contribution in [0.1, 0.15) is 22.8 Å². The summed E-state index contributed by atoms with van der Waals surface area (Å²) < 4.78 is 0. The van der Waals surface area contributed by atoms with E-state index in [0.717, 1.165) is 15.6 Å². The molecule has 2 aliphatic rings. The highest BCUT2D eigenvalue weighted by molar-refractivity contribution is 6.61. The number of carboxylic acids is 1. The number of carboxylic acid groups (broad SMARTS) is 1. The molecule has 0 saturated carbocycles. The molecule has 11 heteroatoms. The van der Waals surface area contributed by atoms with E-state index in [4.69, 9.17) is 5.26 Å². The lowest BCUT2D eigenvalue weighted by atomic mass is 9.95. The molecule has 0 radical (unpaired) electrons. The molecule has 0 unspecified atom stereocenters. The molecule has 11 nitrogen and oxygen atoms in total. The van der Waals surface area contributed by atoms with Crippen LogP contribution in [0.5, 0.6) is 0 Å². The van der Waals surface area contributed by atoms with E-state index in [9.17, 15) is 19.5 Å². The number of aromatic carboxylic acids is 1. The molecule has 2 N–H and O–H groups in total. The Morgan fingerprint density at radius 3 is 2.27 bits per heavy atom. The first-order chi connectivity index (χ1) is 19.2. The number of para-hydroxylation sites is 1. The van der Waals surface area contributed by atoms with Gasteiger partial charge in [0.05, 0.1) is 28.2 Å². The Kier molecular flexibility index (Phi) is 6.99. The van der Waals surface area contributed by atoms with Gasteiger partial charge in [-0.3, -0.25) is 19.7 Å². The van der Waals surface area contributed by atoms with E-state index in [1.807, 2.05) is 31.1 Å². The van der Waals surface area contributed by atoms with Crippen LogP contribution in [0.15, 0.2) is 94.0 Å². The van der Waals surface area contributed by atoms with Gasteiger partial charge in [0.2, 0.25) is 0 Å². The highest BCUT2D eigenvalue weighted by Gasteiger charge is 2.45. The van der Waals surface area contributed by atoms with Crippen molar-refractivity contribution in [3.05, 3.63) is 95.1 Å². The lowest BCUT2D eigenvalue weighted by molar-refractivity contribution is -0.253. The molecule has 0 fully saturated rings. The Morgan fingerprint density at radius 2 is 1.65 bits per heavy atom. The molecule has 0 saturated heterocycles. The van der Waals surface area contributed by atoms with Crippen molar-refractivity contribution in [2.24, 2.45) is 10.1 Å². The number of benzene rings is 3. The van der Waals surface area contributed by atoms with Gasteiger partial charge in [0.1, 0.15) is 12.3 Å². The topological polar surface area (TPSA) is 135 Å². The summed E-state index contributed by atoms with van der Waals surface area (Å²) in [6.45, 7) is 1.59. The zero-order chi connectivity index (χ0) is 28.6. The number of hydrazone groups is 1. The lowest BCUT2D eigenvalue weighted by Crippen LogP contribution is -2.47. The third-order valence-corrected chi connectivity index (χ3v) is 6.57. The van der Waals surface area contributed by atoms with E-state index >= 15 is 0 Å². The summed E-state index contributed by atoms with van der Waals surface area (Å²) >= 11 is 0. The van der Waals surface area contributed by atoms with Gasteiger partial charge in [-0.15, -0.1) is 5.10 Å². The van der Waals surface area contributed by atoms with Gasteiger partial charge in [0.15, 0.2) is 5.84 Å². The molecule has 2 aliphatic heterocycles. The third-order valence-electron chi connectivity index (χ3n) is 6.57. The Morgan fingerprint density at radius 1 is 0.975 bits per heavy atom. The molecule has 0 aliphatic carbocycles. The van der Waals surface area contributed by atoms with Crippen LogP contribution in [0.25, 0.3) is 0 Å². The predicted molar refractivity (Wildman–Crippen MR) is 150 cm³/mol. The number of rotatable bonds is 7. The van der Waals surface area contributed by atoms with Crippen molar-refractivity contribution in [3.63, 3.8) is 0 Å². The zero-order valence-electron chi connectivity index (χ0n) is 21.9. The van der Waals surface area contributed by atoms with E-state index in [2.05, 4.69) is 15.0 Å². The SMILES string of the molecule is CC1=C2C(=O)N(c3ccc(COO)cc3)N=C2N(c2ccccc2C(=O)O)C(=O)C1=Nc1ccc(N(C)C)cc1. The maximum Gasteiger partial charge on any atom is 0.337 e. The Bertz CT molecular complexity index is 1610. The molecular weight excluding hydrogens is 514 g/mol. The number of anilines is 3. The average molecular weight is 540 g/mol. The summed E-state index contributed by atoms with van der Waals surface area (Å²) in [7, 11) is 3.81. The molecule has 40 heavy (non-hydrogen) atoms. The normalized spacial score (nSPS) is 16.0. The minimum atomic E-state index is -1.24. The third kappa shape index (κ3) is 4.64. The summed E-state index contributed by atoms with van der Waals surface area (Å²) in [4.78, 5) is 51.7. The van der Waals surface area contributed by atoms with Crippen molar-refractivity contribution in [3.8, 4) is 0 Å². The minimum absolute atomic E-state index is 0.00242. The summed E-state index contributed by atoms with van der Waals surface area (Å²) in [6.07, 6.45) is 0. The van der Waals surface area contributed by atoms with Crippen molar-refractivity contribution in [2.75, 3.05) is 28.9 Å². The number of fused-ring (bicyclic) bond motifs is 1. The summed E-state index contributed by atoms with van der Waals surface area (Å²) in [6, 6.07) is 19.8. The Labute approximate surface area is 229 Å². The first-order valence-electron chi connectivity index (χ1n) is 12.2. The highest BCUT2D eigenvalue weighted by atomic mass is 17.1. The first kappa shape index (κ1) is 26.5. The van der Waals surface area contributed by atoms with E-state index in [1.54, 1.807) is 55.5 Å². The maximum atomic E-state index is 14.0. The van der Waals surface area contributed by atoms with Gasteiger partial charge in [-0.1, -0.05) is 24.3 Å². The largest absolute Gasteiger partial charge is 0.478 e. The molecule has 0 aromatic heterocycles. The van der Waals surface area contributed by atoms with Crippen LogP contribution in [0, 0.1) is 0 Å². The van der Waals surface area contributed by atoms with Crippen LogP contribution >= 0.6 is 0 Å². The molecule has 3 aromatic carbocycles. The van der Waals surface area contributed by atoms with Crippen molar-refractivity contribution in [1.82, 2.24) is 0 Å². The lowest BCUT2D eigenvalue weighted by Gasteiger charge is -2.29. The summed E-state index contributed by atoms with van der Waals surface area (Å²) in [5.41, 5.74) is 2.89. The van der Waals surface area contributed by atoms with Crippen LogP contribution in [-0.2, 0) is 21.1 Å². The fourth-order valence-corrected chi connectivity index (χ4v) is 4.50. The average Bonchev–Trinajstić information content (AvgIpc) is 3.28. The standard InChI is InChI=1S/C29H25N5O6/c1-17-24-26(31-34(27(24)35)21-12-8-18(9-13-21)16-40-39)33(23-7-5-4-6-22(23)29(37)38)28(36)25(17)30-19-10-14-20(15-11-19)32(2)3/h4-15,39H,16H2,1-3H3,(H,37,38). The quantitative estimate of drug-likeness (QED) is 0.339. The monoisotopic (exact) mass is 539 g/mol. The minimum Gasteiger partial charge on any atom is -0.478 e. The van der Waals surface area contributed by atoms with Gasteiger partial charge in [0, 0.05) is 19.8 Å². The molecule has 0 spiro atoms. The van der Waals surface area contributed by atoms with Crippen LogP contribution in [0.4, 0.5) is 22.7 Å². The van der Waals surface area contributed by atoms with E-state index in [-0.39, 0.29) is 35.0 Å². The second-order valence-electron chi connectivity index (χ2n) is 9.31. The number of carbonyl (C=O) groups excluding carboxylic acids is 2. The Balaban J connectivity index is 1.68. The van der Waals surface area contributed by atoms with E-state index < -0.39 is 17.8 Å². The smallest absolute Gasteiger partial charge is 0.337 e. The fourth-order valence-electron chi connectivity index (χ4n) is 4.50. The highest BCUT2D eigenvalue weighted by Crippen LogP contribution is 2.35. The molecule has 5 rings (SSSR count). The number of amidine groups is 1. The van der Waals surface area contributed by atoms with Crippen molar-refractivity contribution in [1.29, 1.82) is 0 Å².